The number of aliphatic hydroxyl groups is 1. The predicted octanol–water partition coefficient (Wildman–Crippen LogP) is 3.22. The van der Waals surface area contributed by atoms with Gasteiger partial charge in [0, 0.05) is 4.47 Å². The van der Waals surface area contributed by atoms with E-state index >= 15 is 0 Å². The third-order valence-corrected chi connectivity index (χ3v) is 4.18. The van der Waals surface area contributed by atoms with E-state index < -0.39 is 6.04 Å². The van der Waals surface area contributed by atoms with Crippen LogP contribution in [0, 0.1) is 6.92 Å². The fraction of sp³-hybridized carbons (Fsp3) is 0.188. The number of halogens is 1. The Labute approximate surface area is 126 Å². The van der Waals surface area contributed by atoms with Crippen molar-refractivity contribution in [3.05, 3.63) is 69.7 Å². The zero-order valence-corrected chi connectivity index (χ0v) is 12.7. The van der Waals surface area contributed by atoms with E-state index in [1.165, 1.54) is 0 Å². The number of benzene rings is 2. The van der Waals surface area contributed by atoms with Crippen LogP contribution in [0.25, 0.3) is 0 Å². The lowest BCUT2D eigenvalue weighted by Gasteiger charge is -2.17. The number of amides is 1. The van der Waals surface area contributed by atoms with E-state index in [-0.39, 0.29) is 12.5 Å². The SMILES string of the molecule is Cc1cccc(C(=O)N[C@@H](CO)c2ccccc2)c1Br. The maximum absolute atomic E-state index is 12.3. The Morgan fingerprint density at radius 1 is 1.20 bits per heavy atom. The molecular weight excluding hydrogens is 318 g/mol. The molecule has 3 nitrogen and oxygen atoms in total. The van der Waals surface area contributed by atoms with Gasteiger partial charge >= 0.3 is 0 Å². The monoisotopic (exact) mass is 333 g/mol. The highest BCUT2D eigenvalue weighted by Gasteiger charge is 2.17. The largest absolute Gasteiger partial charge is 0.394 e. The molecule has 1 atom stereocenters. The van der Waals surface area contributed by atoms with Gasteiger partial charge in [-0.05, 0) is 40.0 Å². The maximum Gasteiger partial charge on any atom is 0.252 e. The molecule has 104 valence electrons. The lowest BCUT2D eigenvalue weighted by atomic mass is 10.1. The topological polar surface area (TPSA) is 49.3 Å². The van der Waals surface area contributed by atoms with Gasteiger partial charge in [0.15, 0.2) is 0 Å². The molecule has 0 unspecified atom stereocenters. The van der Waals surface area contributed by atoms with E-state index in [1.54, 1.807) is 6.07 Å². The van der Waals surface area contributed by atoms with Crippen molar-refractivity contribution in [3.63, 3.8) is 0 Å². The molecule has 0 aliphatic heterocycles. The molecule has 0 aliphatic rings. The molecule has 2 aromatic carbocycles. The van der Waals surface area contributed by atoms with Crippen molar-refractivity contribution in [2.24, 2.45) is 0 Å². The second kappa shape index (κ2) is 6.68. The van der Waals surface area contributed by atoms with E-state index in [9.17, 15) is 9.90 Å². The summed E-state index contributed by atoms with van der Waals surface area (Å²) in [5.74, 6) is -0.205. The third-order valence-electron chi connectivity index (χ3n) is 3.13. The molecule has 0 fully saturated rings. The van der Waals surface area contributed by atoms with Crippen LogP contribution in [-0.2, 0) is 0 Å². The zero-order valence-electron chi connectivity index (χ0n) is 11.1. The predicted molar refractivity (Wildman–Crippen MR) is 82.6 cm³/mol. The second-order valence-electron chi connectivity index (χ2n) is 4.56. The van der Waals surface area contributed by atoms with E-state index in [0.29, 0.717) is 5.56 Å². The highest BCUT2D eigenvalue weighted by molar-refractivity contribution is 9.10. The van der Waals surface area contributed by atoms with Crippen molar-refractivity contribution >= 4 is 21.8 Å². The fourth-order valence-corrected chi connectivity index (χ4v) is 2.42. The average molecular weight is 334 g/mol. The highest BCUT2D eigenvalue weighted by atomic mass is 79.9. The number of rotatable bonds is 4. The average Bonchev–Trinajstić information content (AvgIpc) is 2.48. The maximum atomic E-state index is 12.3. The van der Waals surface area contributed by atoms with Crippen LogP contribution in [0.2, 0.25) is 0 Å². The first-order valence-corrected chi connectivity index (χ1v) is 7.14. The van der Waals surface area contributed by atoms with Gasteiger partial charge in [0.2, 0.25) is 0 Å². The van der Waals surface area contributed by atoms with Crippen LogP contribution in [-0.4, -0.2) is 17.6 Å². The number of nitrogens with one attached hydrogen (secondary N) is 1. The Hall–Kier alpha value is -1.65. The van der Waals surface area contributed by atoms with Crippen LogP contribution in [0.4, 0.5) is 0 Å². The van der Waals surface area contributed by atoms with Gasteiger partial charge in [-0.1, -0.05) is 42.5 Å². The summed E-state index contributed by atoms with van der Waals surface area (Å²) in [5, 5.41) is 12.3. The molecule has 2 aromatic rings. The number of carbonyl (C=O) groups excluding carboxylic acids is 1. The molecular formula is C16H16BrNO2. The van der Waals surface area contributed by atoms with Gasteiger partial charge in [0.25, 0.3) is 5.91 Å². The van der Waals surface area contributed by atoms with Crippen molar-refractivity contribution in [1.29, 1.82) is 0 Å². The van der Waals surface area contributed by atoms with Gasteiger partial charge < -0.3 is 10.4 Å². The van der Waals surface area contributed by atoms with Crippen LogP contribution in [0.3, 0.4) is 0 Å². The number of aliphatic hydroxyl groups excluding tert-OH is 1. The van der Waals surface area contributed by atoms with Crippen LogP contribution in [0.1, 0.15) is 27.5 Å². The minimum atomic E-state index is -0.406. The van der Waals surface area contributed by atoms with Crippen molar-refractivity contribution in [1.82, 2.24) is 5.32 Å². The van der Waals surface area contributed by atoms with E-state index in [0.717, 1.165) is 15.6 Å². The summed E-state index contributed by atoms with van der Waals surface area (Å²) in [5.41, 5.74) is 2.45. The third kappa shape index (κ3) is 3.26. The molecule has 2 N–H and O–H groups in total. The van der Waals surface area contributed by atoms with E-state index in [1.807, 2.05) is 49.4 Å². The van der Waals surface area contributed by atoms with Crippen LogP contribution in [0.5, 0.6) is 0 Å². The molecule has 1 amide bonds. The van der Waals surface area contributed by atoms with Crippen molar-refractivity contribution < 1.29 is 9.90 Å². The minimum absolute atomic E-state index is 0.140. The Bertz CT molecular complexity index is 599. The van der Waals surface area contributed by atoms with Gasteiger partial charge in [0.1, 0.15) is 0 Å². The van der Waals surface area contributed by atoms with Crippen molar-refractivity contribution in [2.75, 3.05) is 6.61 Å². The van der Waals surface area contributed by atoms with Gasteiger partial charge in [-0.15, -0.1) is 0 Å². The zero-order chi connectivity index (χ0) is 14.5. The van der Waals surface area contributed by atoms with Crippen LogP contribution >= 0.6 is 15.9 Å². The Morgan fingerprint density at radius 2 is 1.90 bits per heavy atom. The Morgan fingerprint density at radius 3 is 2.55 bits per heavy atom. The molecule has 20 heavy (non-hydrogen) atoms. The van der Waals surface area contributed by atoms with Gasteiger partial charge in [0.05, 0.1) is 18.2 Å². The van der Waals surface area contributed by atoms with Crippen LogP contribution in [0.15, 0.2) is 53.0 Å². The van der Waals surface area contributed by atoms with Gasteiger partial charge in [-0.2, -0.15) is 0 Å². The van der Waals surface area contributed by atoms with Crippen molar-refractivity contribution in [2.45, 2.75) is 13.0 Å². The summed E-state index contributed by atoms with van der Waals surface area (Å²) in [4.78, 5) is 12.3. The lowest BCUT2D eigenvalue weighted by molar-refractivity contribution is 0.0915. The molecule has 0 heterocycles. The summed E-state index contributed by atoms with van der Waals surface area (Å²) in [6.07, 6.45) is 0. The molecule has 0 saturated carbocycles. The number of aryl methyl sites for hydroxylation is 1. The van der Waals surface area contributed by atoms with Crippen LogP contribution < -0.4 is 5.32 Å². The first-order chi connectivity index (χ1) is 9.63. The number of carbonyl (C=O) groups is 1. The molecule has 0 bridgehead atoms. The normalized spacial score (nSPS) is 11.9. The summed E-state index contributed by atoms with van der Waals surface area (Å²) >= 11 is 3.43. The van der Waals surface area contributed by atoms with E-state index in [2.05, 4.69) is 21.2 Å². The molecule has 0 radical (unpaired) electrons. The summed E-state index contributed by atoms with van der Waals surface area (Å²) in [6, 6.07) is 14.5. The minimum Gasteiger partial charge on any atom is -0.394 e. The molecule has 0 spiro atoms. The summed E-state index contributed by atoms with van der Waals surface area (Å²) < 4.78 is 0.780. The highest BCUT2D eigenvalue weighted by Crippen LogP contribution is 2.22. The van der Waals surface area contributed by atoms with Gasteiger partial charge in [-0.3, -0.25) is 4.79 Å². The molecule has 4 heteroatoms. The molecule has 0 aliphatic carbocycles. The molecule has 0 saturated heterocycles. The number of hydrogen-bond acceptors (Lipinski definition) is 2. The van der Waals surface area contributed by atoms with Crippen molar-refractivity contribution in [3.8, 4) is 0 Å². The Balaban J connectivity index is 2.20. The first kappa shape index (κ1) is 14.8. The number of hydrogen-bond donors (Lipinski definition) is 2. The Kier molecular flexibility index (Phi) is 4.93. The molecule has 2 rings (SSSR count). The van der Waals surface area contributed by atoms with Gasteiger partial charge in [-0.25, -0.2) is 0 Å². The summed E-state index contributed by atoms with van der Waals surface area (Å²) in [6.45, 7) is 1.79. The quantitative estimate of drug-likeness (QED) is 0.902. The first-order valence-electron chi connectivity index (χ1n) is 6.35. The standard InChI is InChI=1S/C16H16BrNO2/c1-11-6-5-9-13(15(11)17)16(20)18-14(10-19)12-7-3-2-4-8-12/h2-9,14,19H,10H2,1H3,(H,18,20)/t14-/m0/s1. The smallest absolute Gasteiger partial charge is 0.252 e. The lowest BCUT2D eigenvalue weighted by Crippen LogP contribution is -2.31. The fourth-order valence-electron chi connectivity index (χ4n) is 1.98. The second-order valence-corrected chi connectivity index (χ2v) is 5.35. The summed E-state index contributed by atoms with van der Waals surface area (Å²) in [7, 11) is 0. The molecule has 0 aromatic heterocycles. The van der Waals surface area contributed by atoms with E-state index in [4.69, 9.17) is 0 Å².